The number of nitrogens with one attached hydrogen (secondary N) is 2. The fourth-order valence-corrected chi connectivity index (χ4v) is 5.58. The highest BCUT2D eigenvalue weighted by atomic mass is 16.5. The minimum Gasteiger partial charge on any atom is -0.394 e. The van der Waals surface area contributed by atoms with Crippen LogP contribution in [-0.2, 0) is 4.74 Å². The topological polar surface area (TPSA) is 83.5 Å². The molecule has 1 unspecified atom stereocenters. The normalized spacial score (nSPS) is 39.2. The van der Waals surface area contributed by atoms with E-state index in [1.807, 2.05) is 0 Å². The lowest BCUT2D eigenvalue weighted by atomic mass is 10.00. The number of piperazine rings is 1. The summed E-state index contributed by atoms with van der Waals surface area (Å²) in [5.74, 6) is 0. The molecular weight excluding hydrogens is 370 g/mol. The minimum absolute atomic E-state index is 0.0348. The van der Waals surface area contributed by atoms with Gasteiger partial charge in [0.05, 0.1) is 24.9 Å². The molecule has 4 rings (SSSR count). The summed E-state index contributed by atoms with van der Waals surface area (Å²) >= 11 is 0. The third-order valence-electron chi connectivity index (χ3n) is 7.46. The molecule has 4 aliphatic heterocycles. The molecule has 0 bridgehead atoms. The van der Waals surface area contributed by atoms with Crippen molar-refractivity contribution in [2.45, 2.75) is 68.7 Å². The van der Waals surface area contributed by atoms with Crippen LogP contribution in [0.2, 0.25) is 0 Å². The number of piperidine rings is 2. The molecule has 0 aromatic rings. The standard InChI is InChI=1S/C21H41N5O3/c1-24-8-5-16(6-9-24)23-14-17-20(21(28)18(15-27)29-17)26-12-10-25(11-13-26)19-4-2-3-7-22-19/h16-23,27-28H,2-15H2,1H3/t17-,18-,19?,20-,21+/m0/s1. The summed E-state index contributed by atoms with van der Waals surface area (Å²) in [5.41, 5.74) is 0. The second kappa shape index (κ2) is 10.3. The Hall–Kier alpha value is -0.320. The van der Waals surface area contributed by atoms with Crippen molar-refractivity contribution in [2.24, 2.45) is 0 Å². The second-order valence-corrected chi connectivity index (χ2v) is 9.40. The molecule has 4 fully saturated rings. The lowest BCUT2D eigenvalue weighted by Gasteiger charge is -2.44. The van der Waals surface area contributed by atoms with Gasteiger partial charge in [0.25, 0.3) is 0 Å². The maximum atomic E-state index is 10.9. The molecule has 0 aromatic heterocycles. The summed E-state index contributed by atoms with van der Waals surface area (Å²) in [5, 5.41) is 27.9. The predicted molar refractivity (Wildman–Crippen MR) is 113 cm³/mol. The molecule has 0 aliphatic carbocycles. The Morgan fingerprint density at radius 1 is 0.966 bits per heavy atom. The van der Waals surface area contributed by atoms with Gasteiger partial charge in [0, 0.05) is 38.8 Å². The van der Waals surface area contributed by atoms with Crippen molar-refractivity contribution in [3.05, 3.63) is 0 Å². The molecule has 4 heterocycles. The van der Waals surface area contributed by atoms with Crippen molar-refractivity contribution in [1.29, 1.82) is 0 Å². The molecule has 168 valence electrons. The summed E-state index contributed by atoms with van der Waals surface area (Å²) in [6.07, 6.45) is 5.52. The first kappa shape index (κ1) is 21.9. The molecule has 0 amide bonds. The number of likely N-dealkylation sites (tertiary alicyclic amines) is 1. The van der Waals surface area contributed by atoms with Crippen LogP contribution in [0.5, 0.6) is 0 Å². The van der Waals surface area contributed by atoms with Gasteiger partial charge in [0.1, 0.15) is 12.2 Å². The Balaban J connectivity index is 1.31. The molecular formula is C21H41N5O3. The average molecular weight is 412 g/mol. The molecule has 0 saturated carbocycles. The van der Waals surface area contributed by atoms with Gasteiger partial charge in [-0.05, 0) is 58.8 Å². The Bertz CT molecular complexity index is 491. The predicted octanol–water partition coefficient (Wildman–Crippen LogP) is -1.12. The molecule has 4 N–H and O–H groups in total. The minimum atomic E-state index is -0.622. The van der Waals surface area contributed by atoms with Crippen molar-refractivity contribution in [3.8, 4) is 0 Å². The number of nitrogens with zero attached hydrogens (tertiary/aromatic N) is 3. The van der Waals surface area contributed by atoms with Crippen LogP contribution in [0.3, 0.4) is 0 Å². The first-order chi connectivity index (χ1) is 14.2. The summed E-state index contributed by atoms with van der Waals surface area (Å²) in [7, 11) is 2.18. The summed E-state index contributed by atoms with van der Waals surface area (Å²) in [4.78, 5) is 7.34. The van der Waals surface area contributed by atoms with E-state index in [4.69, 9.17) is 4.74 Å². The number of aliphatic hydroxyl groups excluding tert-OH is 2. The van der Waals surface area contributed by atoms with Crippen LogP contribution < -0.4 is 10.6 Å². The Morgan fingerprint density at radius 2 is 1.69 bits per heavy atom. The highest BCUT2D eigenvalue weighted by molar-refractivity contribution is 4.99. The number of hydrogen-bond acceptors (Lipinski definition) is 8. The van der Waals surface area contributed by atoms with Gasteiger partial charge in [0.2, 0.25) is 0 Å². The first-order valence-corrected chi connectivity index (χ1v) is 11.7. The van der Waals surface area contributed by atoms with E-state index in [0.717, 1.165) is 65.2 Å². The fourth-order valence-electron chi connectivity index (χ4n) is 5.58. The molecule has 8 nitrogen and oxygen atoms in total. The lowest BCUT2D eigenvalue weighted by Crippen LogP contribution is -2.61. The molecule has 0 radical (unpaired) electrons. The number of hydrogen-bond donors (Lipinski definition) is 4. The van der Waals surface area contributed by atoms with Crippen LogP contribution in [0, 0.1) is 0 Å². The van der Waals surface area contributed by atoms with Gasteiger partial charge in [-0.2, -0.15) is 0 Å². The first-order valence-electron chi connectivity index (χ1n) is 11.7. The van der Waals surface area contributed by atoms with Crippen molar-refractivity contribution in [2.75, 3.05) is 66.0 Å². The van der Waals surface area contributed by atoms with Crippen LogP contribution in [0.25, 0.3) is 0 Å². The zero-order chi connectivity index (χ0) is 20.2. The van der Waals surface area contributed by atoms with Crippen LogP contribution in [0.1, 0.15) is 32.1 Å². The van der Waals surface area contributed by atoms with Crippen LogP contribution in [0.4, 0.5) is 0 Å². The van der Waals surface area contributed by atoms with E-state index in [-0.39, 0.29) is 18.8 Å². The smallest absolute Gasteiger partial charge is 0.109 e. The van der Waals surface area contributed by atoms with Gasteiger partial charge in [0.15, 0.2) is 0 Å². The highest BCUT2D eigenvalue weighted by Crippen LogP contribution is 2.27. The van der Waals surface area contributed by atoms with Crippen molar-refractivity contribution in [3.63, 3.8) is 0 Å². The fraction of sp³-hybridized carbons (Fsp3) is 1.00. The highest BCUT2D eigenvalue weighted by Gasteiger charge is 2.47. The molecule has 29 heavy (non-hydrogen) atoms. The molecule has 4 saturated heterocycles. The summed E-state index contributed by atoms with van der Waals surface area (Å²) < 4.78 is 6.10. The van der Waals surface area contributed by atoms with E-state index in [1.165, 1.54) is 19.3 Å². The Kier molecular flexibility index (Phi) is 7.80. The average Bonchev–Trinajstić information content (AvgIpc) is 3.09. The molecule has 8 heteroatoms. The molecule has 0 aromatic carbocycles. The number of rotatable bonds is 6. The third kappa shape index (κ3) is 5.30. The molecule has 0 spiro atoms. The maximum Gasteiger partial charge on any atom is 0.109 e. The Morgan fingerprint density at radius 3 is 2.34 bits per heavy atom. The summed E-state index contributed by atoms with van der Waals surface area (Å²) in [6, 6.07) is 0.488. The van der Waals surface area contributed by atoms with Crippen molar-refractivity contribution in [1.82, 2.24) is 25.3 Å². The van der Waals surface area contributed by atoms with Crippen LogP contribution in [-0.4, -0.2) is 127 Å². The zero-order valence-corrected chi connectivity index (χ0v) is 18.0. The van der Waals surface area contributed by atoms with Crippen molar-refractivity contribution < 1.29 is 14.9 Å². The van der Waals surface area contributed by atoms with Gasteiger partial charge in [-0.3, -0.25) is 9.80 Å². The number of ether oxygens (including phenoxy) is 1. The van der Waals surface area contributed by atoms with E-state index >= 15 is 0 Å². The Labute approximate surface area is 175 Å². The summed E-state index contributed by atoms with van der Waals surface area (Å²) in [6.45, 7) is 7.98. The van der Waals surface area contributed by atoms with Crippen molar-refractivity contribution >= 4 is 0 Å². The lowest BCUT2D eigenvalue weighted by molar-refractivity contribution is -0.0223. The van der Waals surface area contributed by atoms with E-state index in [9.17, 15) is 10.2 Å². The van der Waals surface area contributed by atoms with Gasteiger partial charge in [-0.15, -0.1) is 0 Å². The molecule has 4 aliphatic rings. The van der Waals surface area contributed by atoms with Crippen LogP contribution in [0.15, 0.2) is 0 Å². The van der Waals surface area contributed by atoms with Gasteiger partial charge in [-0.1, -0.05) is 0 Å². The largest absolute Gasteiger partial charge is 0.394 e. The second-order valence-electron chi connectivity index (χ2n) is 9.40. The van der Waals surface area contributed by atoms with E-state index in [2.05, 4.69) is 32.4 Å². The van der Waals surface area contributed by atoms with E-state index < -0.39 is 12.2 Å². The van der Waals surface area contributed by atoms with E-state index in [1.54, 1.807) is 0 Å². The number of aliphatic hydroxyl groups is 2. The van der Waals surface area contributed by atoms with E-state index in [0.29, 0.717) is 12.2 Å². The van der Waals surface area contributed by atoms with Gasteiger partial charge < -0.3 is 30.5 Å². The van der Waals surface area contributed by atoms with Crippen LogP contribution >= 0.6 is 0 Å². The van der Waals surface area contributed by atoms with Gasteiger partial charge >= 0.3 is 0 Å². The monoisotopic (exact) mass is 411 g/mol. The maximum absolute atomic E-state index is 10.9. The zero-order valence-electron chi connectivity index (χ0n) is 18.0. The molecule has 5 atom stereocenters. The quantitative estimate of drug-likeness (QED) is 0.437. The van der Waals surface area contributed by atoms with Gasteiger partial charge in [-0.25, -0.2) is 0 Å². The third-order valence-corrected chi connectivity index (χ3v) is 7.46. The SMILES string of the molecule is CN1CCC(NC[C@@H]2O[C@@H](CO)[C@@H](O)[C@H]2N2CCN(C3CCCCN3)CC2)CC1.